The lowest BCUT2D eigenvalue weighted by Gasteiger charge is -2.26. The zero-order chi connectivity index (χ0) is 11.9. The van der Waals surface area contributed by atoms with Crippen LogP contribution in [0.2, 0.25) is 0 Å². The lowest BCUT2D eigenvalue weighted by Crippen LogP contribution is -2.30. The number of nitrogens with zero attached hydrogens (tertiary/aromatic N) is 1. The molecule has 1 saturated carbocycles. The third-order valence-electron chi connectivity index (χ3n) is 4.28. The van der Waals surface area contributed by atoms with Crippen LogP contribution in [0.4, 0.5) is 0 Å². The number of rotatable bonds is 4. The summed E-state index contributed by atoms with van der Waals surface area (Å²) >= 11 is 0. The van der Waals surface area contributed by atoms with Crippen LogP contribution < -0.4 is 0 Å². The molecule has 17 heavy (non-hydrogen) atoms. The first-order valence-electron chi connectivity index (χ1n) is 7.43. The first-order chi connectivity index (χ1) is 8.36. The van der Waals surface area contributed by atoms with Crippen molar-refractivity contribution < 1.29 is 5.11 Å². The summed E-state index contributed by atoms with van der Waals surface area (Å²) in [6, 6.07) is 0. The molecule has 0 aromatic heterocycles. The second-order valence-electron chi connectivity index (χ2n) is 5.68. The van der Waals surface area contributed by atoms with Crippen molar-refractivity contribution in [3.8, 4) is 0 Å². The Labute approximate surface area is 106 Å². The van der Waals surface area contributed by atoms with Crippen molar-refractivity contribution in [3.05, 3.63) is 12.2 Å². The smallest absolute Gasteiger partial charge is 0.0749 e. The average Bonchev–Trinajstić information content (AvgIpc) is 2.41. The minimum absolute atomic E-state index is 0.194. The van der Waals surface area contributed by atoms with E-state index in [1.54, 1.807) is 0 Å². The molecule has 1 N–H and O–H groups in total. The summed E-state index contributed by atoms with van der Waals surface area (Å²) in [6.07, 6.45) is 14.5. The van der Waals surface area contributed by atoms with Crippen LogP contribution in [-0.4, -0.2) is 35.7 Å². The molecule has 2 nitrogen and oxygen atoms in total. The van der Waals surface area contributed by atoms with E-state index in [1.165, 1.54) is 64.5 Å². The van der Waals surface area contributed by atoms with Gasteiger partial charge >= 0.3 is 0 Å². The van der Waals surface area contributed by atoms with Crippen molar-refractivity contribution in [2.45, 2.75) is 57.5 Å². The van der Waals surface area contributed by atoms with Crippen LogP contribution in [0.1, 0.15) is 51.4 Å². The highest BCUT2D eigenvalue weighted by atomic mass is 16.3. The summed E-state index contributed by atoms with van der Waals surface area (Å²) in [4.78, 5) is 2.49. The average molecular weight is 237 g/mol. The Hall–Kier alpha value is -0.340. The van der Waals surface area contributed by atoms with Crippen molar-refractivity contribution >= 4 is 0 Å². The largest absolute Gasteiger partial charge is 0.389 e. The van der Waals surface area contributed by atoms with Gasteiger partial charge in [-0.1, -0.05) is 37.8 Å². The van der Waals surface area contributed by atoms with Crippen molar-refractivity contribution in [2.24, 2.45) is 5.92 Å². The van der Waals surface area contributed by atoms with Gasteiger partial charge in [0.25, 0.3) is 0 Å². The third kappa shape index (κ3) is 4.44. The Morgan fingerprint density at radius 3 is 2.35 bits per heavy atom. The second-order valence-corrected chi connectivity index (χ2v) is 5.68. The summed E-state index contributed by atoms with van der Waals surface area (Å²) < 4.78 is 0. The number of likely N-dealkylation sites (tertiary alicyclic amines) is 1. The van der Waals surface area contributed by atoms with Gasteiger partial charge in [0.05, 0.1) is 6.10 Å². The Bertz CT molecular complexity index is 227. The van der Waals surface area contributed by atoms with Gasteiger partial charge in [-0.15, -0.1) is 0 Å². The molecular weight excluding hydrogens is 210 g/mol. The van der Waals surface area contributed by atoms with Crippen LogP contribution in [0.25, 0.3) is 0 Å². The normalized spacial score (nSPS) is 26.4. The van der Waals surface area contributed by atoms with Gasteiger partial charge in [-0.05, 0) is 44.7 Å². The van der Waals surface area contributed by atoms with Gasteiger partial charge < -0.3 is 5.11 Å². The standard InChI is InChI=1S/C15H27NO/c17-15(14-8-3-1-4-9-14)10-7-13-16-11-5-2-6-12-16/h7,10,14-15,17H,1-6,8-9,11-13H2/b10-7+. The summed E-state index contributed by atoms with van der Waals surface area (Å²) in [5.74, 6) is 0.529. The Balaban J connectivity index is 1.67. The maximum absolute atomic E-state index is 10.1. The van der Waals surface area contributed by atoms with Gasteiger partial charge in [0.2, 0.25) is 0 Å². The molecule has 0 bridgehead atoms. The van der Waals surface area contributed by atoms with Crippen molar-refractivity contribution in [3.63, 3.8) is 0 Å². The summed E-state index contributed by atoms with van der Waals surface area (Å²) in [6.45, 7) is 3.51. The molecule has 1 atom stereocenters. The predicted molar refractivity (Wildman–Crippen MR) is 72.0 cm³/mol. The molecule has 1 heterocycles. The number of hydrogen-bond acceptors (Lipinski definition) is 2. The van der Waals surface area contributed by atoms with E-state index in [2.05, 4.69) is 11.0 Å². The zero-order valence-electron chi connectivity index (χ0n) is 11.0. The second kappa shape index (κ2) is 7.17. The van der Waals surface area contributed by atoms with Crippen LogP contribution in [0.3, 0.4) is 0 Å². The van der Waals surface area contributed by atoms with Gasteiger partial charge in [0.15, 0.2) is 0 Å². The first-order valence-corrected chi connectivity index (χ1v) is 7.43. The fraction of sp³-hybridized carbons (Fsp3) is 0.867. The predicted octanol–water partition coefficient (Wildman–Crippen LogP) is 2.97. The van der Waals surface area contributed by atoms with E-state index in [0.717, 1.165) is 6.54 Å². The maximum atomic E-state index is 10.1. The molecule has 2 heteroatoms. The molecule has 0 spiro atoms. The van der Waals surface area contributed by atoms with E-state index in [0.29, 0.717) is 5.92 Å². The molecule has 0 aromatic rings. The Kier molecular flexibility index (Phi) is 5.53. The lowest BCUT2D eigenvalue weighted by molar-refractivity contribution is 0.124. The summed E-state index contributed by atoms with van der Waals surface area (Å²) in [5.41, 5.74) is 0. The minimum Gasteiger partial charge on any atom is -0.389 e. The molecule has 98 valence electrons. The van der Waals surface area contributed by atoms with Crippen LogP contribution in [0.5, 0.6) is 0 Å². The minimum atomic E-state index is -0.194. The fourth-order valence-corrected chi connectivity index (χ4v) is 3.12. The zero-order valence-corrected chi connectivity index (χ0v) is 11.0. The SMILES string of the molecule is OC(/C=C/CN1CCCCC1)C1CCCCC1. The molecule has 2 fully saturated rings. The molecule has 0 aromatic carbocycles. The van der Waals surface area contributed by atoms with Crippen LogP contribution in [-0.2, 0) is 0 Å². The van der Waals surface area contributed by atoms with E-state index in [-0.39, 0.29) is 6.10 Å². The summed E-state index contributed by atoms with van der Waals surface area (Å²) in [5, 5.41) is 10.1. The number of piperidine rings is 1. The third-order valence-corrected chi connectivity index (χ3v) is 4.28. The van der Waals surface area contributed by atoms with Crippen LogP contribution >= 0.6 is 0 Å². The van der Waals surface area contributed by atoms with E-state index in [4.69, 9.17) is 0 Å². The number of hydrogen-bond donors (Lipinski definition) is 1. The van der Waals surface area contributed by atoms with Crippen molar-refractivity contribution in [2.75, 3.05) is 19.6 Å². The maximum Gasteiger partial charge on any atom is 0.0749 e. The molecule has 1 saturated heterocycles. The molecule has 1 unspecified atom stereocenters. The highest BCUT2D eigenvalue weighted by molar-refractivity contribution is 4.94. The van der Waals surface area contributed by atoms with E-state index in [9.17, 15) is 5.11 Å². The lowest BCUT2D eigenvalue weighted by atomic mass is 9.85. The molecule has 0 amide bonds. The molecule has 0 radical (unpaired) electrons. The highest BCUT2D eigenvalue weighted by Crippen LogP contribution is 2.26. The Morgan fingerprint density at radius 2 is 1.65 bits per heavy atom. The van der Waals surface area contributed by atoms with E-state index in [1.807, 2.05) is 6.08 Å². The quantitative estimate of drug-likeness (QED) is 0.760. The molecule has 1 aliphatic carbocycles. The number of aliphatic hydroxyl groups excluding tert-OH is 1. The highest BCUT2D eigenvalue weighted by Gasteiger charge is 2.19. The van der Waals surface area contributed by atoms with Gasteiger partial charge in [-0.25, -0.2) is 0 Å². The monoisotopic (exact) mass is 237 g/mol. The molecular formula is C15H27NO. The van der Waals surface area contributed by atoms with Crippen molar-refractivity contribution in [1.29, 1.82) is 0 Å². The van der Waals surface area contributed by atoms with Crippen LogP contribution in [0, 0.1) is 5.92 Å². The van der Waals surface area contributed by atoms with Crippen molar-refractivity contribution in [1.82, 2.24) is 4.90 Å². The van der Waals surface area contributed by atoms with E-state index < -0.39 is 0 Å². The topological polar surface area (TPSA) is 23.5 Å². The molecule has 1 aliphatic heterocycles. The van der Waals surface area contributed by atoms with E-state index >= 15 is 0 Å². The molecule has 2 rings (SSSR count). The first kappa shape index (κ1) is 13.1. The Morgan fingerprint density at radius 1 is 1.00 bits per heavy atom. The van der Waals surface area contributed by atoms with Gasteiger partial charge in [-0.3, -0.25) is 4.90 Å². The fourth-order valence-electron chi connectivity index (χ4n) is 3.12. The van der Waals surface area contributed by atoms with Gasteiger partial charge in [-0.2, -0.15) is 0 Å². The molecule has 2 aliphatic rings. The number of aliphatic hydroxyl groups is 1. The summed E-state index contributed by atoms with van der Waals surface area (Å²) in [7, 11) is 0. The van der Waals surface area contributed by atoms with Crippen LogP contribution in [0.15, 0.2) is 12.2 Å². The van der Waals surface area contributed by atoms with Gasteiger partial charge in [0, 0.05) is 6.54 Å². The van der Waals surface area contributed by atoms with Gasteiger partial charge in [0.1, 0.15) is 0 Å².